The van der Waals surface area contributed by atoms with Crippen molar-refractivity contribution in [1.29, 1.82) is 0 Å². The highest BCUT2D eigenvalue weighted by molar-refractivity contribution is 6.36. The molecule has 0 bridgehead atoms. The summed E-state index contributed by atoms with van der Waals surface area (Å²) in [7, 11) is 1.98. The van der Waals surface area contributed by atoms with Gasteiger partial charge >= 0.3 is 12.1 Å². The monoisotopic (exact) mass is 674 g/mol. The number of carbonyl (C=O) groups is 1. The molecular weight excluding hydrogens is 640 g/mol. The third kappa shape index (κ3) is 6.60. The first-order chi connectivity index (χ1) is 22.3. The van der Waals surface area contributed by atoms with E-state index in [1.54, 1.807) is 49.9 Å². The van der Waals surface area contributed by atoms with Crippen molar-refractivity contribution in [1.82, 2.24) is 24.8 Å². The number of fused-ring (bicyclic) bond motifs is 2. The maximum Gasteiger partial charge on any atom is 0.410 e. The molecule has 2 aliphatic rings. The Kier molecular flexibility index (Phi) is 9.05. The zero-order valence-electron chi connectivity index (χ0n) is 26.4. The average Bonchev–Trinajstić information content (AvgIpc) is 3.44. The highest BCUT2D eigenvalue weighted by Gasteiger charge is 2.40. The van der Waals surface area contributed by atoms with E-state index in [9.17, 15) is 18.0 Å². The van der Waals surface area contributed by atoms with Crippen LogP contribution in [-0.4, -0.2) is 94.8 Å². The summed E-state index contributed by atoms with van der Waals surface area (Å²) >= 11 is 6.35. The highest BCUT2D eigenvalue weighted by Crippen LogP contribution is 2.38. The van der Waals surface area contributed by atoms with Crippen LogP contribution in [0.1, 0.15) is 33.6 Å². The molecule has 6 rings (SSSR count). The Hall–Kier alpha value is -3.97. The molecule has 0 aliphatic carbocycles. The number of ether oxygens (including phenoxy) is 2. The highest BCUT2D eigenvalue weighted by atomic mass is 35.5. The van der Waals surface area contributed by atoms with Crippen LogP contribution in [0.5, 0.6) is 6.01 Å². The second-order valence-corrected chi connectivity index (χ2v) is 13.3. The normalized spacial score (nSPS) is 19.3. The third-order valence-electron chi connectivity index (χ3n) is 8.55. The van der Waals surface area contributed by atoms with Crippen LogP contribution < -0.4 is 9.64 Å². The molecule has 2 aromatic heterocycles. The molecule has 2 fully saturated rings. The number of pyridine rings is 1. The number of carbonyl (C=O) groups excluding carboxylic acids is 1. The van der Waals surface area contributed by atoms with Crippen molar-refractivity contribution in [2.75, 3.05) is 44.7 Å². The molecule has 4 heterocycles. The molecule has 0 radical (unpaired) electrons. The van der Waals surface area contributed by atoms with Crippen molar-refractivity contribution < 1.29 is 31.8 Å². The maximum atomic E-state index is 16.6. The summed E-state index contributed by atoms with van der Waals surface area (Å²) in [6, 6.07) is 6.22. The molecule has 1 unspecified atom stereocenters. The zero-order valence-corrected chi connectivity index (χ0v) is 27.2. The summed E-state index contributed by atoms with van der Waals surface area (Å²) in [5, 5.41) is 0.860. The number of alkyl halides is 2. The number of piperazine rings is 1. The van der Waals surface area contributed by atoms with Crippen molar-refractivity contribution in [2.45, 2.75) is 57.7 Å². The molecule has 2 saturated heterocycles. The summed E-state index contributed by atoms with van der Waals surface area (Å²) in [6.45, 7) is 5.83. The van der Waals surface area contributed by atoms with E-state index in [0.717, 1.165) is 24.3 Å². The van der Waals surface area contributed by atoms with Crippen molar-refractivity contribution in [2.24, 2.45) is 0 Å². The quantitative estimate of drug-likeness (QED) is 0.204. The maximum absolute atomic E-state index is 16.6. The lowest BCUT2D eigenvalue weighted by molar-refractivity contribution is -0.0179. The number of halogens is 5. The second-order valence-electron chi connectivity index (χ2n) is 12.9. The first-order valence-corrected chi connectivity index (χ1v) is 15.8. The van der Waals surface area contributed by atoms with Crippen LogP contribution in [0, 0.1) is 11.6 Å². The fourth-order valence-corrected chi connectivity index (χ4v) is 6.42. The molecule has 2 atom stereocenters. The minimum absolute atomic E-state index is 0.0907. The Balaban J connectivity index is 1.44. The van der Waals surface area contributed by atoms with Crippen LogP contribution in [0.2, 0.25) is 5.02 Å². The number of aromatic nitrogens is 3. The van der Waals surface area contributed by atoms with Crippen molar-refractivity contribution in [3.05, 3.63) is 53.2 Å². The van der Waals surface area contributed by atoms with Crippen LogP contribution in [0.4, 0.5) is 28.2 Å². The van der Waals surface area contributed by atoms with E-state index in [1.807, 2.05) is 7.05 Å². The molecule has 250 valence electrons. The minimum Gasteiger partial charge on any atom is -0.462 e. The fourth-order valence-electron chi connectivity index (χ4n) is 6.15. The number of hydrogen-bond acceptors (Lipinski definition) is 8. The van der Waals surface area contributed by atoms with E-state index in [-0.39, 0.29) is 76.7 Å². The van der Waals surface area contributed by atoms with E-state index in [1.165, 1.54) is 12.3 Å². The van der Waals surface area contributed by atoms with Crippen molar-refractivity contribution in [3.8, 4) is 17.3 Å². The molecule has 4 aromatic rings. The van der Waals surface area contributed by atoms with Crippen LogP contribution >= 0.6 is 11.6 Å². The Labute approximate surface area is 274 Å². The third-order valence-corrected chi connectivity index (χ3v) is 8.92. The summed E-state index contributed by atoms with van der Waals surface area (Å²) in [5.41, 5.74) is -0.889. The number of rotatable bonds is 6. The Morgan fingerprint density at radius 2 is 1.89 bits per heavy atom. The van der Waals surface area contributed by atoms with Gasteiger partial charge in [-0.05, 0) is 58.7 Å². The Bertz CT molecular complexity index is 1820. The molecule has 14 heteroatoms. The van der Waals surface area contributed by atoms with E-state index >= 15 is 4.39 Å². The zero-order chi connectivity index (χ0) is 33.6. The first-order valence-electron chi connectivity index (χ1n) is 15.4. The summed E-state index contributed by atoms with van der Waals surface area (Å²) in [6.07, 6.45) is -0.475. The number of likely N-dealkylation sites (N-methyl/N-ethyl adjacent to an activating group) is 1. The van der Waals surface area contributed by atoms with Crippen LogP contribution in [-0.2, 0) is 4.74 Å². The van der Waals surface area contributed by atoms with Crippen LogP contribution in [0.25, 0.3) is 32.9 Å². The SMILES string of the molecule is CN1CCC[C@H]1COc1nc(N2CCN(C(=O)OC(C)(C)C)C(C(F)F)C2)c2cnc(-c3cccc4ccc(F)c(Cl)c34)c(F)c2n1. The number of hydrogen-bond donors (Lipinski definition) is 0. The predicted molar refractivity (Wildman–Crippen MR) is 171 cm³/mol. The van der Waals surface area contributed by atoms with Gasteiger partial charge in [-0.1, -0.05) is 35.9 Å². The number of nitrogens with zero attached hydrogens (tertiary/aromatic N) is 6. The van der Waals surface area contributed by atoms with Crippen LogP contribution in [0.15, 0.2) is 36.5 Å². The predicted octanol–water partition coefficient (Wildman–Crippen LogP) is 6.94. The Morgan fingerprint density at radius 1 is 1.11 bits per heavy atom. The molecule has 1 amide bonds. The molecule has 0 saturated carbocycles. The topological polar surface area (TPSA) is 83.9 Å². The molecule has 2 aliphatic heterocycles. The van der Waals surface area contributed by atoms with Gasteiger partial charge < -0.3 is 19.3 Å². The largest absolute Gasteiger partial charge is 0.462 e. The summed E-state index contributed by atoms with van der Waals surface area (Å²) < 4.78 is 71.4. The molecule has 9 nitrogen and oxygen atoms in total. The molecular formula is C33H35ClF4N6O3. The van der Waals surface area contributed by atoms with Gasteiger partial charge in [0, 0.05) is 42.8 Å². The van der Waals surface area contributed by atoms with Crippen LogP contribution in [0.3, 0.4) is 0 Å². The Morgan fingerprint density at radius 3 is 2.60 bits per heavy atom. The second kappa shape index (κ2) is 12.9. The number of amides is 1. The van der Waals surface area contributed by atoms with E-state index in [4.69, 9.17) is 21.1 Å². The molecule has 0 N–H and O–H groups in total. The lowest BCUT2D eigenvalue weighted by Gasteiger charge is -2.41. The number of benzene rings is 2. The van der Waals surface area contributed by atoms with Gasteiger partial charge in [-0.15, -0.1) is 0 Å². The van der Waals surface area contributed by atoms with Gasteiger partial charge in [-0.25, -0.2) is 22.4 Å². The van der Waals surface area contributed by atoms with Gasteiger partial charge in [0.25, 0.3) is 6.43 Å². The number of anilines is 1. The van der Waals surface area contributed by atoms with E-state index < -0.39 is 35.8 Å². The smallest absolute Gasteiger partial charge is 0.410 e. The van der Waals surface area contributed by atoms with Gasteiger partial charge in [0.2, 0.25) is 0 Å². The van der Waals surface area contributed by atoms with Gasteiger partial charge in [0.15, 0.2) is 5.82 Å². The van der Waals surface area contributed by atoms with Gasteiger partial charge in [-0.3, -0.25) is 9.88 Å². The first kappa shape index (κ1) is 33.0. The lowest BCUT2D eigenvalue weighted by Crippen LogP contribution is -2.59. The molecule has 2 aromatic carbocycles. The van der Waals surface area contributed by atoms with Gasteiger partial charge in [-0.2, -0.15) is 9.97 Å². The number of likely N-dealkylation sites (tertiary alicyclic amines) is 1. The van der Waals surface area contributed by atoms with Gasteiger partial charge in [0.1, 0.15) is 41.1 Å². The molecule has 0 spiro atoms. The summed E-state index contributed by atoms with van der Waals surface area (Å²) in [5.74, 6) is -1.36. The van der Waals surface area contributed by atoms with E-state index in [2.05, 4.69) is 19.9 Å². The van der Waals surface area contributed by atoms with E-state index in [0.29, 0.717) is 5.39 Å². The summed E-state index contributed by atoms with van der Waals surface area (Å²) in [4.78, 5) is 31.0. The fraction of sp³-hybridized carbons (Fsp3) is 0.455. The molecule has 47 heavy (non-hydrogen) atoms. The lowest BCUT2D eigenvalue weighted by atomic mass is 10.0. The van der Waals surface area contributed by atoms with Crippen molar-refractivity contribution >= 4 is 45.2 Å². The minimum atomic E-state index is -2.90. The van der Waals surface area contributed by atoms with Crippen molar-refractivity contribution in [3.63, 3.8) is 0 Å². The van der Waals surface area contributed by atoms with Gasteiger partial charge in [0.05, 0.1) is 10.4 Å². The standard InChI is InChI=1S/C33H35ClF4N6O3/c1-33(2,3)47-32(45)44-14-13-43(16-23(44)29(37)38)30-21-15-39-27(20-9-5-7-18-10-11-22(35)25(34)24(18)20)26(36)28(21)40-31(41-30)46-17-19-8-6-12-42(19)4/h5,7,9-11,15,19,23,29H,6,8,12-14,16-17H2,1-4H3/t19-,23?/m0/s1. The average molecular weight is 675 g/mol.